The molecule has 0 amide bonds. The van der Waals surface area contributed by atoms with Crippen LogP contribution >= 0.6 is 0 Å². The van der Waals surface area contributed by atoms with Crippen LogP contribution in [0, 0.1) is 5.92 Å². The van der Waals surface area contributed by atoms with Gasteiger partial charge in [-0.05, 0) is 36.5 Å². The van der Waals surface area contributed by atoms with Gasteiger partial charge in [-0.3, -0.25) is 4.79 Å². The number of carbonyl (C=O) groups is 1. The zero-order chi connectivity index (χ0) is 14.4. The van der Waals surface area contributed by atoms with Crippen molar-refractivity contribution in [2.24, 2.45) is 5.92 Å². The first-order valence-electron chi connectivity index (χ1n) is 7.91. The summed E-state index contributed by atoms with van der Waals surface area (Å²) in [6, 6.07) is 7.99. The molecule has 1 aliphatic rings. The summed E-state index contributed by atoms with van der Waals surface area (Å²) in [5.41, 5.74) is 1.16. The summed E-state index contributed by atoms with van der Waals surface area (Å²) in [5, 5.41) is 0. The van der Waals surface area contributed by atoms with Crippen LogP contribution in [0.1, 0.15) is 63.4 Å². The van der Waals surface area contributed by atoms with Crippen molar-refractivity contribution in [2.75, 3.05) is 7.11 Å². The van der Waals surface area contributed by atoms with Crippen molar-refractivity contribution in [1.29, 1.82) is 0 Å². The summed E-state index contributed by atoms with van der Waals surface area (Å²) in [5.74, 6) is 2.03. The molecule has 0 aromatic heterocycles. The van der Waals surface area contributed by atoms with Crippen molar-refractivity contribution in [1.82, 2.24) is 0 Å². The van der Waals surface area contributed by atoms with Gasteiger partial charge in [0.2, 0.25) is 0 Å². The van der Waals surface area contributed by atoms with Crippen LogP contribution in [0.2, 0.25) is 0 Å². The highest BCUT2D eigenvalue weighted by Gasteiger charge is 2.29. The van der Waals surface area contributed by atoms with Crippen LogP contribution in [0.25, 0.3) is 0 Å². The van der Waals surface area contributed by atoms with Crippen molar-refractivity contribution in [3.63, 3.8) is 0 Å². The third-order valence-electron chi connectivity index (χ3n) is 4.48. The van der Waals surface area contributed by atoms with Crippen molar-refractivity contribution < 1.29 is 9.53 Å². The minimum Gasteiger partial charge on any atom is -0.497 e. The van der Waals surface area contributed by atoms with Gasteiger partial charge < -0.3 is 4.74 Å². The van der Waals surface area contributed by atoms with Crippen molar-refractivity contribution >= 4 is 5.78 Å². The zero-order valence-corrected chi connectivity index (χ0v) is 12.7. The van der Waals surface area contributed by atoms with E-state index in [9.17, 15) is 4.79 Å². The van der Waals surface area contributed by atoms with Crippen LogP contribution in [-0.2, 0) is 4.79 Å². The highest BCUT2D eigenvalue weighted by Crippen LogP contribution is 2.35. The molecule has 0 unspecified atom stereocenters. The number of hydrogen-bond donors (Lipinski definition) is 0. The van der Waals surface area contributed by atoms with Crippen LogP contribution < -0.4 is 4.74 Å². The molecule has 1 fully saturated rings. The second kappa shape index (κ2) is 7.47. The molecule has 110 valence electrons. The lowest BCUT2D eigenvalue weighted by molar-refractivity contribution is -0.123. The van der Waals surface area contributed by atoms with Gasteiger partial charge in [0, 0.05) is 12.3 Å². The van der Waals surface area contributed by atoms with Crippen molar-refractivity contribution in [3.8, 4) is 5.75 Å². The standard InChI is InChI=1S/C18H26O2/c1-3-4-5-6-14-7-12-17(18(19)13-14)15-8-10-16(20-2)11-9-15/h8-11,14,17H,3-7,12-13H2,1-2H3/t14-,17+/m1/s1. The zero-order valence-electron chi connectivity index (χ0n) is 12.7. The lowest BCUT2D eigenvalue weighted by Crippen LogP contribution is -2.23. The fourth-order valence-corrected chi connectivity index (χ4v) is 3.21. The minimum atomic E-state index is 0.114. The van der Waals surface area contributed by atoms with E-state index in [-0.39, 0.29) is 5.92 Å². The third-order valence-corrected chi connectivity index (χ3v) is 4.48. The van der Waals surface area contributed by atoms with Gasteiger partial charge in [-0.2, -0.15) is 0 Å². The number of unbranched alkanes of at least 4 members (excludes halogenated alkanes) is 2. The molecule has 0 aliphatic heterocycles. The number of Topliss-reactive ketones (excluding diaryl/α,β-unsaturated/α-hetero) is 1. The molecule has 1 saturated carbocycles. The SMILES string of the molecule is CCCCC[C@@H]1CC[C@@H](c2ccc(OC)cc2)C(=O)C1. The highest BCUT2D eigenvalue weighted by molar-refractivity contribution is 5.86. The summed E-state index contributed by atoms with van der Waals surface area (Å²) in [4.78, 5) is 12.4. The molecule has 1 aliphatic carbocycles. The van der Waals surface area contributed by atoms with E-state index in [1.807, 2.05) is 24.3 Å². The van der Waals surface area contributed by atoms with Crippen LogP contribution in [0.5, 0.6) is 5.75 Å². The van der Waals surface area contributed by atoms with Gasteiger partial charge in [-0.15, -0.1) is 0 Å². The summed E-state index contributed by atoms with van der Waals surface area (Å²) in [6.07, 6.45) is 8.06. The molecule has 0 radical (unpaired) electrons. The molecule has 0 N–H and O–H groups in total. The van der Waals surface area contributed by atoms with Crippen molar-refractivity contribution in [2.45, 2.75) is 57.8 Å². The lowest BCUT2D eigenvalue weighted by atomic mass is 9.76. The number of ketones is 1. The topological polar surface area (TPSA) is 26.3 Å². The maximum absolute atomic E-state index is 12.4. The monoisotopic (exact) mass is 274 g/mol. The number of methoxy groups -OCH3 is 1. The number of benzene rings is 1. The van der Waals surface area contributed by atoms with E-state index in [4.69, 9.17) is 4.74 Å². The van der Waals surface area contributed by atoms with Gasteiger partial charge in [0.1, 0.15) is 11.5 Å². The summed E-state index contributed by atoms with van der Waals surface area (Å²) >= 11 is 0. The van der Waals surface area contributed by atoms with E-state index in [0.29, 0.717) is 11.7 Å². The second-order valence-corrected chi connectivity index (χ2v) is 5.94. The number of rotatable bonds is 6. The molecule has 2 rings (SSSR count). The molecule has 2 heteroatoms. The van der Waals surface area contributed by atoms with Gasteiger partial charge in [0.05, 0.1) is 7.11 Å². The molecule has 2 nitrogen and oxygen atoms in total. The van der Waals surface area contributed by atoms with Gasteiger partial charge in [0.15, 0.2) is 0 Å². The quantitative estimate of drug-likeness (QED) is 0.701. The van der Waals surface area contributed by atoms with Gasteiger partial charge in [-0.1, -0.05) is 44.7 Å². The van der Waals surface area contributed by atoms with Crippen LogP contribution in [-0.4, -0.2) is 12.9 Å². The Labute approximate surface area is 122 Å². The predicted octanol–water partition coefficient (Wildman–Crippen LogP) is 4.73. The molecular formula is C18H26O2. The first-order chi connectivity index (χ1) is 9.74. The van der Waals surface area contributed by atoms with E-state index in [0.717, 1.165) is 24.2 Å². The van der Waals surface area contributed by atoms with Crippen LogP contribution in [0.3, 0.4) is 0 Å². The van der Waals surface area contributed by atoms with E-state index >= 15 is 0 Å². The van der Waals surface area contributed by atoms with Crippen LogP contribution in [0.15, 0.2) is 24.3 Å². The maximum atomic E-state index is 12.4. The first kappa shape index (κ1) is 15.1. The lowest BCUT2D eigenvalue weighted by Gasteiger charge is -2.27. The summed E-state index contributed by atoms with van der Waals surface area (Å²) in [6.45, 7) is 2.23. The maximum Gasteiger partial charge on any atom is 0.140 e. The van der Waals surface area contributed by atoms with Gasteiger partial charge in [-0.25, -0.2) is 0 Å². The van der Waals surface area contributed by atoms with Crippen molar-refractivity contribution in [3.05, 3.63) is 29.8 Å². The fourth-order valence-electron chi connectivity index (χ4n) is 3.21. The van der Waals surface area contributed by atoms with Gasteiger partial charge >= 0.3 is 0 Å². The Hall–Kier alpha value is -1.31. The van der Waals surface area contributed by atoms with E-state index < -0.39 is 0 Å². The molecule has 1 aromatic carbocycles. The third kappa shape index (κ3) is 3.84. The highest BCUT2D eigenvalue weighted by atomic mass is 16.5. The summed E-state index contributed by atoms with van der Waals surface area (Å²) < 4.78 is 5.17. The molecule has 0 heterocycles. The molecule has 2 atom stereocenters. The Morgan fingerprint density at radius 1 is 1.15 bits per heavy atom. The molecule has 0 spiro atoms. The molecule has 0 saturated heterocycles. The number of ether oxygens (including phenoxy) is 1. The number of hydrogen-bond acceptors (Lipinski definition) is 2. The Bertz CT molecular complexity index is 422. The largest absolute Gasteiger partial charge is 0.497 e. The van der Waals surface area contributed by atoms with E-state index in [2.05, 4.69) is 6.92 Å². The van der Waals surface area contributed by atoms with Gasteiger partial charge in [0.25, 0.3) is 0 Å². The number of carbonyl (C=O) groups excluding carboxylic acids is 1. The fraction of sp³-hybridized carbons (Fsp3) is 0.611. The Morgan fingerprint density at radius 2 is 1.90 bits per heavy atom. The molecular weight excluding hydrogens is 248 g/mol. The van der Waals surface area contributed by atoms with E-state index in [1.54, 1.807) is 7.11 Å². The molecule has 0 bridgehead atoms. The second-order valence-electron chi connectivity index (χ2n) is 5.94. The minimum absolute atomic E-state index is 0.114. The average molecular weight is 274 g/mol. The smallest absolute Gasteiger partial charge is 0.140 e. The normalized spacial score (nSPS) is 22.8. The Kier molecular flexibility index (Phi) is 5.63. The summed E-state index contributed by atoms with van der Waals surface area (Å²) in [7, 11) is 1.67. The first-order valence-corrected chi connectivity index (χ1v) is 7.91. The Balaban J connectivity index is 1.90. The Morgan fingerprint density at radius 3 is 2.50 bits per heavy atom. The molecule has 20 heavy (non-hydrogen) atoms. The average Bonchev–Trinajstić information content (AvgIpc) is 2.48. The van der Waals surface area contributed by atoms with E-state index in [1.165, 1.54) is 32.1 Å². The van der Waals surface area contributed by atoms with Crippen LogP contribution in [0.4, 0.5) is 0 Å². The molecule has 1 aromatic rings. The predicted molar refractivity (Wildman–Crippen MR) is 82.2 cm³/mol.